The van der Waals surface area contributed by atoms with Crippen LogP contribution in [0, 0.1) is 0 Å². The van der Waals surface area contributed by atoms with E-state index >= 15 is 0 Å². The van der Waals surface area contributed by atoms with Gasteiger partial charge in [0.1, 0.15) is 18.0 Å². The van der Waals surface area contributed by atoms with Crippen LogP contribution in [-0.2, 0) is 20.7 Å². The summed E-state index contributed by atoms with van der Waals surface area (Å²) in [4.78, 5) is 33.8. The molecular weight excluding hydrogens is 400 g/mol. The molecule has 162 valence electrons. The molecule has 29 heavy (non-hydrogen) atoms. The zero-order chi connectivity index (χ0) is 22.0. The number of carbonyl (C=O) groups is 3. The number of hydrogen-bond acceptors (Lipinski definition) is 5. The number of alkyl carbamates (subject to hydrolysis) is 1. The van der Waals surface area contributed by atoms with Crippen molar-refractivity contribution in [3.05, 3.63) is 28.8 Å². The van der Waals surface area contributed by atoms with Gasteiger partial charge in [0, 0.05) is 12.8 Å². The van der Waals surface area contributed by atoms with Gasteiger partial charge in [-0.25, -0.2) is 4.79 Å². The molecule has 0 aliphatic heterocycles. The molecule has 0 unspecified atom stereocenters. The number of rotatable bonds is 11. The lowest BCUT2D eigenvalue weighted by Gasteiger charge is -2.24. The highest BCUT2D eigenvalue weighted by Crippen LogP contribution is 2.29. The number of amides is 2. The number of nitrogens with one attached hydrogen (secondary N) is 1. The molecule has 0 spiro atoms. The molecule has 0 heterocycles. The molecule has 0 saturated heterocycles. The van der Waals surface area contributed by atoms with E-state index in [1.54, 1.807) is 39.0 Å². The van der Waals surface area contributed by atoms with Gasteiger partial charge in [0.05, 0.1) is 11.1 Å². The third kappa shape index (κ3) is 10.6. The monoisotopic (exact) mass is 428 g/mol. The smallest absolute Gasteiger partial charge is 0.407 e. The molecule has 1 aromatic carbocycles. The maximum Gasteiger partial charge on any atom is 0.407 e. The highest BCUT2D eigenvalue weighted by Gasteiger charge is 2.21. The Morgan fingerprint density at radius 3 is 2.52 bits per heavy atom. The highest BCUT2D eigenvalue weighted by atomic mass is 35.5. The summed E-state index contributed by atoms with van der Waals surface area (Å²) >= 11 is 6.37. The summed E-state index contributed by atoms with van der Waals surface area (Å²) in [5, 5.41) is 11.8. The fourth-order valence-corrected chi connectivity index (χ4v) is 2.74. The number of carboxylic acid groups (broad SMARTS) is 1. The average Bonchev–Trinajstić information content (AvgIpc) is 2.57. The van der Waals surface area contributed by atoms with Crippen molar-refractivity contribution in [2.75, 3.05) is 6.61 Å². The molecule has 0 aliphatic rings. The first-order valence-electron chi connectivity index (χ1n) is 9.37. The van der Waals surface area contributed by atoms with E-state index in [9.17, 15) is 14.4 Å². The molecule has 1 atom stereocenters. The second-order valence-corrected chi connectivity index (χ2v) is 8.01. The lowest BCUT2D eigenvalue weighted by atomic mass is 10.1. The lowest BCUT2D eigenvalue weighted by Crippen LogP contribution is -2.42. The standard InChI is InChI=1S/C20H29ClN2O6/c1-20(2,3)29-19(27)23-14(10-11-16(22)24)12-28-15-8-4-6-13(18(15)21)7-5-9-17(25)26/h4,6,8,14H,5,7,9-12H2,1-3H3,(H2,22,24)(H,23,27)(H,25,26)/t14-/m0/s1. The minimum absolute atomic E-state index is 0.0520. The predicted octanol–water partition coefficient (Wildman–Crippen LogP) is 3.28. The quantitative estimate of drug-likeness (QED) is 0.496. The van der Waals surface area contributed by atoms with Gasteiger partial charge >= 0.3 is 12.1 Å². The van der Waals surface area contributed by atoms with Crippen molar-refractivity contribution in [3.8, 4) is 5.75 Å². The topological polar surface area (TPSA) is 128 Å². The molecule has 0 radical (unpaired) electrons. The third-order valence-electron chi connectivity index (χ3n) is 3.78. The van der Waals surface area contributed by atoms with E-state index in [1.165, 1.54) is 0 Å². The maximum absolute atomic E-state index is 12.0. The molecule has 0 aliphatic carbocycles. The zero-order valence-corrected chi connectivity index (χ0v) is 17.8. The van der Waals surface area contributed by atoms with Crippen molar-refractivity contribution in [2.24, 2.45) is 5.73 Å². The molecule has 1 aromatic rings. The van der Waals surface area contributed by atoms with Crippen molar-refractivity contribution >= 4 is 29.6 Å². The Balaban J connectivity index is 2.75. The van der Waals surface area contributed by atoms with E-state index in [0.29, 0.717) is 23.6 Å². The molecule has 0 aromatic heterocycles. The Morgan fingerprint density at radius 2 is 1.93 bits per heavy atom. The SMILES string of the molecule is CC(C)(C)OC(=O)N[C@@H](CCC(N)=O)COc1cccc(CCCC(=O)O)c1Cl. The molecule has 1 rings (SSSR count). The van der Waals surface area contributed by atoms with Crippen LogP contribution in [0.3, 0.4) is 0 Å². The lowest BCUT2D eigenvalue weighted by molar-refractivity contribution is -0.137. The van der Waals surface area contributed by atoms with Crippen LogP contribution in [0.1, 0.15) is 52.0 Å². The fourth-order valence-electron chi connectivity index (χ4n) is 2.47. The molecule has 0 saturated carbocycles. The van der Waals surface area contributed by atoms with Crippen LogP contribution >= 0.6 is 11.6 Å². The van der Waals surface area contributed by atoms with Gasteiger partial charge in [0.15, 0.2) is 0 Å². The van der Waals surface area contributed by atoms with Gasteiger partial charge in [0.25, 0.3) is 0 Å². The van der Waals surface area contributed by atoms with Crippen LogP contribution in [0.25, 0.3) is 0 Å². The number of hydrogen-bond donors (Lipinski definition) is 3. The number of ether oxygens (including phenoxy) is 2. The first-order chi connectivity index (χ1) is 13.5. The van der Waals surface area contributed by atoms with Gasteiger partial charge in [-0.1, -0.05) is 23.7 Å². The zero-order valence-electron chi connectivity index (χ0n) is 17.0. The molecule has 8 nitrogen and oxygen atoms in total. The predicted molar refractivity (Wildman–Crippen MR) is 109 cm³/mol. The van der Waals surface area contributed by atoms with Crippen LogP contribution in [0.4, 0.5) is 4.79 Å². The van der Waals surface area contributed by atoms with Gasteiger partial charge in [-0.15, -0.1) is 0 Å². The Kier molecular flexibility index (Phi) is 9.74. The fraction of sp³-hybridized carbons (Fsp3) is 0.550. The van der Waals surface area contributed by atoms with E-state index in [2.05, 4.69) is 5.32 Å². The molecule has 2 amide bonds. The van der Waals surface area contributed by atoms with E-state index in [4.69, 9.17) is 31.9 Å². The number of primary amides is 1. The van der Waals surface area contributed by atoms with Crippen LogP contribution in [0.15, 0.2) is 18.2 Å². The normalized spacial score (nSPS) is 12.1. The molecular formula is C20H29ClN2O6. The molecule has 0 fully saturated rings. The summed E-state index contributed by atoms with van der Waals surface area (Å²) in [5.74, 6) is -0.937. The second-order valence-electron chi connectivity index (χ2n) is 7.64. The largest absolute Gasteiger partial charge is 0.490 e. The van der Waals surface area contributed by atoms with Crippen molar-refractivity contribution < 1.29 is 29.0 Å². The minimum atomic E-state index is -0.862. The van der Waals surface area contributed by atoms with Gasteiger partial charge in [0.2, 0.25) is 5.91 Å². The number of halogens is 1. The summed E-state index contributed by atoms with van der Waals surface area (Å²) in [5.41, 5.74) is 5.32. The van der Waals surface area contributed by atoms with Crippen LogP contribution in [-0.4, -0.2) is 41.3 Å². The van der Waals surface area contributed by atoms with Gasteiger partial charge in [-0.05, 0) is 51.7 Å². The van der Waals surface area contributed by atoms with Crippen molar-refractivity contribution in [2.45, 2.75) is 64.5 Å². The van der Waals surface area contributed by atoms with Crippen LogP contribution < -0.4 is 15.8 Å². The van der Waals surface area contributed by atoms with E-state index < -0.39 is 29.6 Å². The number of aliphatic carboxylic acids is 1. The Labute approximate surface area is 175 Å². The summed E-state index contributed by atoms with van der Waals surface area (Å²) in [7, 11) is 0. The van der Waals surface area contributed by atoms with Crippen molar-refractivity contribution in [3.63, 3.8) is 0 Å². The number of carbonyl (C=O) groups excluding carboxylic acids is 2. The van der Waals surface area contributed by atoms with Gasteiger partial charge in [-0.2, -0.15) is 0 Å². The third-order valence-corrected chi connectivity index (χ3v) is 4.21. The van der Waals surface area contributed by atoms with Crippen molar-refractivity contribution in [1.29, 1.82) is 0 Å². The summed E-state index contributed by atoms with van der Waals surface area (Å²) in [6, 6.07) is 4.74. The summed E-state index contributed by atoms with van der Waals surface area (Å²) in [6.45, 7) is 5.30. The Hall–Kier alpha value is -2.48. The minimum Gasteiger partial charge on any atom is -0.490 e. The van der Waals surface area contributed by atoms with Crippen molar-refractivity contribution in [1.82, 2.24) is 5.32 Å². The van der Waals surface area contributed by atoms with Crippen LogP contribution in [0.5, 0.6) is 5.75 Å². The van der Waals surface area contributed by atoms with Gasteiger partial charge < -0.3 is 25.6 Å². The molecule has 4 N–H and O–H groups in total. The Morgan fingerprint density at radius 1 is 1.24 bits per heavy atom. The van der Waals surface area contributed by atoms with E-state index in [0.717, 1.165) is 5.56 Å². The Bertz CT molecular complexity index is 717. The van der Waals surface area contributed by atoms with E-state index in [1.807, 2.05) is 0 Å². The first kappa shape index (κ1) is 24.6. The first-order valence-corrected chi connectivity index (χ1v) is 9.75. The van der Waals surface area contributed by atoms with Gasteiger partial charge in [-0.3, -0.25) is 9.59 Å². The van der Waals surface area contributed by atoms with E-state index in [-0.39, 0.29) is 25.9 Å². The summed E-state index contributed by atoms with van der Waals surface area (Å²) in [6.07, 6.45) is 0.751. The second kappa shape index (κ2) is 11.5. The number of nitrogens with two attached hydrogens (primary N) is 1. The molecule has 0 bridgehead atoms. The number of aryl methyl sites for hydroxylation is 1. The summed E-state index contributed by atoms with van der Waals surface area (Å²) < 4.78 is 11.0. The number of carboxylic acids is 1. The highest BCUT2D eigenvalue weighted by molar-refractivity contribution is 6.32. The maximum atomic E-state index is 12.0. The number of benzene rings is 1. The average molecular weight is 429 g/mol. The molecule has 9 heteroatoms. The van der Waals surface area contributed by atoms with Crippen LogP contribution in [0.2, 0.25) is 5.02 Å².